The van der Waals surface area contributed by atoms with Crippen molar-refractivity contribution >= 4 is 22.4 Å². The van der Waals surface area contributed by atoms with Crippen LogP contribution in [0.1, 0.15) is 38.6 Å². The molecule has 0 saturated heterocycles. The van der Waals surface area contributed by atoms with Crippen molar-refractivity contribution < 1.29 is 4.79 Å². The zero-order chi connectivity index (χ0) is 13.2. The highest BCUT2D eigenvalue weighted by Crippen LogP contribution is 2.28. The molecule has 0 unspecified atom stereocenters. The van der Waals surface area contributed by atoms with E-state index in [1.165, 1.54) is 24.2 Å². The van der Waals surface area contributed by atoms with Gasteiger partial charge in [-0.2, -0.15) is 0 Å². The molecular weight excluding hydrogens is 248 g/mol. The fourth-order valence-electron chi connectivity index (χ4n) is 1.45. The Balaban J connectivity index is 1.77. The van der Waals surface area contributed by atoms with Crippen LogP contribution in [0, 0.1) is 5.92 Å². The van der Waals surface area contributed by atoms with Crippen molar-refractivity contribution in [2.24, 2.45) is 5.92 Å². The molecule has 0 aliphatic heterocycles. The Morgan fingerprint density at radius 2 is 2.11 bits per heavy atom. The van der Waals surface area contributed by atoms with Gasteiger partial charge in [0.15, 0.2) is 0 Å². The number of rotatable bonds is 5. The fraction of sp³-hybridized carbons (Fsp3) is 0.750. The van der Waals surface area contributed by atoms with E-state index in [4.69, 9.17) is 0 Å². The summed E-state index contributed by atoms with van der Waals surface area (Å²) in [6, 6.07) is 0. The lowest BCUT2D eigenvalue weighted by Gasteiger charge is -2.12. The first-order valence-corrected chi connectivity index (χ1v) is 7.11. The van der Waals surface area contributed by atoms with Crippen LogP contribution in [-0.2, 0) is 10.2 Å². The normalized spacial score (nSPS) is 15.7. The molecule has 100 valence electrons. The Hall–Kier alpha value is -1.01. The first-order chi connectivity index (χ1) is 8.45. The fourth-order valence-corrected chi connectivity index (χ4v) is 2.27. The smallest absolute Gasteiger partial charge is 0.240 e. The van der Waals surface area contributed by atoms with Gasteiger partial charge >= 0.3 is 0 Å². The molecule has 6 heteroatoms. The molecule has 2 N–H and O–H groups in total. The highest BCUT2D eigenvalue weighted by atomic mass is 32.1. The van der Waals surface area contributed by atoms with Crippen LogP contribution >= 0.6 is 11.3 Å². The summed E-state index contributed by atoms with van der Waals surface area (Å²) in [5.41, 5.74) is -0.0229. The number of carbonyl (C=O) groups excluding carboxylic acids is 1. The lowest BCUT2D eigenvalue weighted by atomic mass is 9.98. The quantitative estimate of drug-likeness (QED) is 0.854. The molecule has 1 aliphatic rings. The van der Waals surface area contributed by atoms with Crippen molar-refractivity contribution in [2.75, 3.05) is 18.4 Å². The molecule has 1 aliphatic carbocycles. The van der Waals surface area contributed by atoms with Crippen molar-refractivity contribution in [1.82, 2.24) is 15.5 Å². The molecular formula is C12H20N4OS. The summed E-state index contributed by atoms with van der Waals surface area (Å²) in [6.07, 6.45) is 2.58. The van der Waals surface area contributed by atoms with Crippen LogP contribution in [0.4, 0.5) is 5.13 Å². The van der Waals surface area contributed by atoms with Crippen LogP contribution in [0.5, 0.6) is 0 Å². The van der Waals surface area contributed by atoms with Gasteiger partial charge in [0.05, 0.1) is 6.54 Å². The molecule has 5 nitrogen and oxygen atoms in total. The third-order valence-corrected chi connectivity index (χ3v) is 3.99. The van der Waals surface area contributed by atoms with E-state index in [0.717, 1.165) is 17.5 Å². The number of nitrogens with one attached hydrogen (secondary N) is 2. The summed E-state index contributed by atoms with van der Waals surface area (Å²) in [4.78, 5) is 11.6. The summed E-state index contributed by atoms with van der Waals surface area (Å²) in [6.45, 7) is 7.53. The van der Waals surface area contributed by atoms with Gasteiger partial charge in [-0.25, -0.2) is 0 Å². The topological polar surface area (TPSA) is 66.9 Å². The van der Waals surface area contributed by atoms with Gasteiger partial charge in [0.25, 0.3) is 0 Å². The summed E-state index contributed by atoms with van der Waals surface area (Å²) < 4.78 is 0. The van der Waals surface area contributed by atoms with E-state index in [-0.39, 0.29) is 11.3 Å². The number of carbonyl (C=O) groups is 1. The van der Waals surface area contributed by atoms with Gasteiger partial charge in [-0.05, 0) is 25.3 Å². The second-order valence-corrected chi connectivity index (χ2v) is 6.76. The second-order valence-electron chi connectivity index (χ2n) is 5.78. The van der Waals surface area contributed by atoms with E-state index < -0.39 is 0 Å². The summed E-state index contributed by atoms with van der Waals surface area (Å²) in [5, 5.41) is 15.5. The first-order valence-electron chi connectivity index (χ1n) is 6.29. The zero-order valence-electron chi connectivity index (χ0n) is 11.1. The molecule has 0 atom stereocenters. The average Bonchev–Trinajstić information content (AvgIpc) is 2.94. The van der Waals surface area contributed by atoms with E-state index in [1.54, 1.807) is 0 Å². The summed E-state index contributed by atoms with van der Waals surface area (Å²) >= 11 is 1.44. The van der Waals surface area contributed by atoms with Crippen LogP contribution in [-0.4, -0.2) is 29.2 Å². The summed E-state index contributed by atoms with van der Waals surface area (Å²) in [7, 11) is 0. The van der Waals surface area contributed by atoms with E-state index >= 15 is 0 Å². The maximum atomic E-state index is 11.6. The number of nitrogens with zero attached hydrogens (tertiary/aromatic N) is 2. The molecule has 1 saturated carbocycles. The molecule has 1 heterocycles. The molecule has 1 aromatic rings. The van der Waals surface area contributed by atoms with Crippen molar-refractivity contribution in [3.8, 4) is 0 Å². The minimum atomic E-state index is -0.0488. The van der Waals surface area contributed by atoms with E-state index in [1.807, 2.05) is 0 Å². The Morgan fingerprint density at radius 3 is 2.67 bits per heavy atom. The molecule has 0 aromatic carbocycles. The Labute approximate surface area is 111 Å². The van der Waals surface area contributed by atoms with Gasteiger partial charge in [0.1, 0.15) is 5.01 Å². The largest absolute Gasteiger partial charge is 0.308 e. The highest BCUT2D eigenvalue weighted by Gasteiger charge is 2.21. The highest BCUT2D eigenvalue weighted by molar-refractivity contribution is 7.15. The molecule has 0 bridgehead atoms. The standard InChI is InChI=1S/C12H20N4OS/c1-12(2,3)10-15-16-11(18-10)14-9(17)7-13-6-8-4-5-8/h8,13H,4-7H2,1-3H3,(H,14,16,17). The summed E-state index contributed by atoms with van der Waals surface area (Å²) in [5.74, 6) is 0.735. The molecule has 1 fully saturated rings. The predicted octanol–water partition coefficient (Wildman–Crippen LogP) is 1.77. The van der Waals surface area contributed by atoms with Gasteiger partial charge in [-0.15, -0.1) is 10.2 Å². The van der Waals surface area contributed by atoms with Gasteiger partial charge < -0.3 is 5.32 Å². The Kier molecular flexibility index (Phi) is 3.97. The minimum absolute atomic E-state index is 0.0229. The maximum Gasteiger partial charge on any atom is 0.240 e. The van der Waals surface area contributed by atoms with Crippen molar-refractivity contribution in [3.63, 3.8) is 0 Å². The van der Waals surface area contributed by atoms with E-state index in [9.17, 15) is 4.79 Å². The Bertz CT molecular complexity index is 420. The molecule has 0 spiro atoms. The lowest BCUT2D eigenvalue weighted by molar-refractivity contribution is -0.115. The van der Waals surface area contributed by atoms with Gasteiger partial charge in [-0.3, -0.25) is 10.1 Å². The maximum absolute atomic E-state index is 11.6. The molecule has 1 amide bonds. The monoisotopic (exact) mass is 268 g/mol. The van der Waals surface area contributed by atoms with Gasteiger partial charge in [-0.1, -0.05) is 32.1 Å². The van der Waals surface area contributed by atoms with Crippen LogP contribution in [0.3, 0.4) is 0 Å². The second kappa shape index (κ2) is 5.32. The van der Waals surface area contributed by atoms with Crippen LogP contribution < -0.4 is 10.6 Å². The van der Waals surface area contributed by atoms with Crippen LogP contribution in [0.2, 0.25) is 0 Å². The predicted molar refractivity (Wildman–Crippen MR) is 72.8 cm³/mol. The number of hydrogen-bond acceptors (Lipinski definition) is 5. The minimum Gasteiger partial charge on any atom is -0.308 e. The number of hydrogen-bond donors (Lipinski definition) is 2. The average molecular weight is 268 g/mol. The Morgan fingerprint density at radius 1 is 1.39 bits per heavy atom. The van der Waals surface area contributed by atoms with Crippen LogP contribution in [0.25, 0.3) is 0 Å². The number of anilines is 1. The molecule has 1 aromatic heterocycles. The number of aromatic nitrogens is 2. The number of amides is 1. The van der Waals surface area contributed by atoms with Crippen molar-refractivity contribution in [2.45, 2.75) is 39.0 Å². The lowest BCUT2D eigenvalue weighted by Crippen LogP contribution is -2.29. The molecule has 18 heavy (non-hydrogen) atoms. The van der Waals surface area contributed by atoms with E-state index in [0.29, 0.717) is 11.7 Å². The third kappa shape index (κ3) is 4.03. The van der Waals surface area contributed by atoms with Crippen LogP contribution in [0.15, 0.2) is 0 Å². The van der Waals surface area contributed by atoms with Crippen molar-refractivity contribution in [3.05, 3.63) is 5.01 Å². The third-order valence-electron chi connectivity index (χ3n) is 2.73. The van der Waals surface area contributed by atoms with Crippen molar-refractivity contribution in [1.29, 1.82) is 0 Å². The SMILES string of the molecule is CC(C)(C)c1nnc(NC(=O)CNCC2CC2)s1. The molecule has 0 radical (unpaired) electrons. The van der Waals surface area contributed by atoms with Gasteiger partial charge in [0, 0.05) is 5.41 Å². The van der Waals surface area contributed by atoms with E-state index in [2.05, 4.69) is 41.6 Å². The zero-order valence-corrected chi connectivity index (χ0v) is 11.9. The molecule has 2 rings (SSSR count). The first kappa shape index (κ1) is 13.4. The van der Waals surface area contributed by atoms with Gasteiger partial charge in [0.2, 0.25) is 11.0 Å².